The second kappa shape index (κ2) is 4.16. The van der Waals surface area contributed by atoms with Crippen LogP contribution in [0.15, 0.2) is 4.52 Å². The third kappa shape index (κ3) is 1.90. The molecule has 1 aromatic rings. The average Bonchev–Trinajstić information content (AvgIpc) is 2.83. The molecule has 16 heavy (non-hydrogen) atoms. The molecule has 0 aliphatic carbocycles. The van der Waals surface area contributed by atoms with Gasteiger partial charge in [-0.05, 0) is 0 Å². The molecule has 8 nitrogen and oxygen atoms in total. The molecule has 3 atom stereocenters. The Kier molecular flexibility index (Phi) is 2.86. The Labute approximate surface area is 90.0 Å². The molecular weight excluding hydrogens is 218 g/mol. The molecule has 2 rings (SSSR count). The molecule has 0 saturated carbocycles. The predicted octanol–water partition coefficient (Wildman–Crippen LogP) is -1.65. The first kappa shape index (κ1) is 11.0. The van der Waals surface area contributed by atoms with Crippen molar-refractivity contribution in [3.63, 3.8) is 0 Å². The zero-order chi connectivity index (χ0) is 11.7. The van der Waals surface area contributed by atoms with Crippen LogP contribution in [-0.4, -0.2) is 45.1 Å². The molecule has 2 heterocycles. The number of hydrogen-bond acceptors (Lipinski definition) is 7. The molecule has 1 saturated heterocycles. The van der Waals surface area contributed by atoms with E-state index in [1.807, 2.05) is 0 Å². The number of amides is 1. The van der Waals surface area contributed by atoms with Crippen molar-refractivity contribution in [1.82, 2.24) is 10.1 Å². The minimum atomic E-state index is -0.799. The normalized spacial score (nSPS) is 29.5. The van der Waals surface area contributed by atoms with Crippen LogP contribution in [0, 0.1) is 0 Å². The Morgan fingerprint density at radius 2 is 2.38 bits per heavy atom. The lowest BCUT2D eigenvalue weighted by Crippen LogP contribution is -2.24. The Morgan fingerprint density at radius 3 is 2.88 bits per heavy atom. The molecule has 1 amide bonds. The van der Waals surface area contributed by atoms with E-state index >= 15 is 0 Å². The quantitative estimate of drug-likeness (QED) is 0.565. The minimum absolute atomic E-state index is 0.0730. The Morgan fingerprint density at radius 1 is 1.62 bits per heavy atom. The second-order valence-corrected chi connectivity index (χ2v) is 3.47. The van der Waals surface area contributed by atoms with E-state index in [0.717, 1.165) is 0 Å². The molecule has 1 aliphatic heterocycles. The zero-order valence-electron chi connectivity index (χ0n) is 8.24. The number of nitrogens with zero attached hydrogens (tertiary/aromatic N) is 2. The standard InChI is InChI=1S/C8H11N3O5/c9-6(14)7-10-8(16-11-7)4-1-3(13)5(2-12)15-4/h3-5,12-13H,1-2H2,(H2,9,14)/t3-,4+,5+/m0/s1. The van der Waals surface area contributed by atoms with Crippen LogP contribution in [0.5, 0.6) is 0 Å². The maximum Gasteiger partial charge on any atom is 0.290 e. The van der Waals surface area contributed by atoms with Crippen molar-refractivity contribution in [3.05, 3.63) is 11.7 Å². The monoisotopic (exact) mass is 229 g/mol. The van der Waals surface area contributed by atoms with Crippen molar-refractivity contribution < 1.29 is 24.3 Å². The van der Waals surface area contributed by atoms with E-state index in [-0.39, 0.29) is 24.7 Å². The first-order valence-electron chi connectivity index (χ1n) is 4.69. The summed E-state index contributed by atoms with van der Waals surface area (Å²) in [5.74, 6) is -0.961. The van der Waals surface area contributed by atoms with E-state index in [1.54, 1.807) is 0 Å². The molecule has 1 aliphatic rings. The van der Waals surface area contributed by atoms with Gasteiger partial charge >= 0.3 is 0 Å². The number of aromatic nitrogens is 2. The summed E-state index contributed by atoms with van der Waals surface area (Å²) in [6, 6.07) is 0. The molecule has 1 fully saturated rings. The summed E-state index contributed by atoms with van der Waals surface area (Å²) in [6.45, 7) is -0.297. The largest absolute Gasteiger partial charge is 0.394 e. The number of nitrogens with two attached hydrogens (primary N) is 1. The average molecular weight is 229 g/mol. The van der Waals surface area contributed by atoms with Crippen LogP contribution in [0.4, 0.5) is 0 Å². The summed E-state index contributed by atoms with van der Waals surface area (Å²) in [4.78, 5) is 14.4. The highest BCUT2D eigenvalue weighted by Crippen LogP contribution is 2.31. The van der Waals surface area contributed by atoms with Gasteiger partial charge in [-0.25, -0.2) is 0 Å². The summed E-state index contributed by atoms with van der Waals surface area (Å²) in [6.07, 6.45) is -1.85. The van der Waals surface area contributed by atoms with Crippen LogP contribution in [0.25, 0.3) is 0 Å². The van der Waals surface area contributed by atoms with E-state index in [4.69, 9.17) is 20.1 Å². The van der Waals surface area contributed by atoms with Crippen LogP contribution in [-0.2, 0) is 4.74 Å². The van der Waals surface area contributed by atoms with E-state index < -0.39 is 24.2 Å². The highest BCUT2D eigenvalue weighted by molar-refractivity contribution is 5.88. The van der Waals surface area contributed by atoms with Gasteiger partial charge in [0.2, 0.25) is 0 Å². The fraction of sp³-hybridized carbons (Fsp3) is 0.625. The van der Waals surface area contributed by atoms with Crippen molar-refractivity contribution in [2.24, 2.45) is 5.73 Å². The van der Waals surface area contributed by atoms with Crippen LogP contribution in [0.2, 0.25) is 0 Å². The third-order valence-corrected chi connectivity index (χ3v) is 2.34. The number of primary amides is 1. The third-order valence-electron chi connectivity index (χ3n) is 2.34. The molecule has 0 radical (unpaired) electrons. The molecule has 4 N–H and O–H groups in total. The fourth-order valence-corrected chi connectivity index (χ4v) is 1.52. The van der Waals surface area contributed by atoms with E-state index in [9.17, 15) is 9.90 Å². The van der Waals surface area contributed by atoms with Crippen LogP contribution in [0.1, 0.15) is 29.0 Å². The first-order valence-corrected chi connectivity index (χ1v) is 4.69. The number of ether oxygens (including phenoxy) is 1. The van der Waals surface area contributed by atoms with Gasteiger partial charge < -0.3 is 25.2 Å². The summed E-state index contributed by atoms with van der Waals surface area (Å²) in [5.41, 5.74) is 4.95. The number of aliphatic hydroxyl groups excluding tert-OH is 2. The Hall–Kier alpha value is -1.51. The van der Waals surface area contributed by atoms with E-state index in [2.05, 4.69) is 10.1 Å². The van der Waals surface area contributed by atoms with Gasteiger partial charge in [0.05, 0.1) is 12.7 Å². The van der Waals surface area contributed by atoms with Crippen LogP contribution in [0.3, 0.4) is 0 Å². The molecule has 1 aromatic heterocycles. The van der Waals surface area contributed by atoms with E-state index in [1.165, 1.54) is 0 Å². The maximum absolute atomic E-state index is 10.7. The summed E-state index contributed by atoms with van der Waals surface area (Å²) in [7, 11) is 0. The molecule has 0 aromatic carbocycles. The molecule has 8 heteroatoms. The van der Waals surface area contributed by atoms with Crippen molar-refractivity contribution in [2.45, 2.75) is 24.7 Å². The highest BCUT2D eigenvalue weighted by Gasteiger charge is 2.37. The van der Waals surface area contributed by atoms with Gasteiger partial charge in [0.25, 0.3) is 17.6 Å². The number of hydrogen-bond donors (Lipinski definition) is 3. The molecule has 0 unspecified atom stereocenters. The van der Waals surface area contributed by atoms with Gasteiger partial charge in [-0.15, -0.1) is 0 Å². The SMILES string of the molecule is NC(=O)c1noc([C@H]2C[C@H](O)[C@@H](CO)O2)n1. The van der Waals surface area contributed by atoms with Gasteiger partial charge in [-0.1, -0.05) is 5.16 Å². The minimum Gasteiger partial charge on any atom is -0.394 e. The van der Waals surface area contributed by atoms with E-state index in [0.29, 0.717) is 0 Å². The molecule has 88 valence electrons. The Balaban J connectivity index is 2.11. The predicted molar refractivity (Wildman–Crippen MR) is 48.1 cm³/mol. The molecule has 0 bridgehead atoms. The van der Waals surface area contributed by atoms with Crippen molar-refractivity contribution in [3.8, 4) is 0 Å². The lowest BCUT2D eigenvalue weighted by Gasteiger charge is -2.09. The van der Waals surface area contributed by atoms with Crippen molar-refractivity contribution >= 4 is 5.91 Å². The van der Waals surface area contributed by atoms with Crippen molar-refractivity contribution in [1.29, 1.82) is 0 Å². The number of carbonyl (C=O) groups is 1. The van der Waals surface area contributed by atoms with Gasteiger partial charge in [0, 0.05) is 6.42 Å². The number of aliphatic hydroxyl groups is 2. The fourth-order valence-electron chi connectivity index (χ4n) is 1.52. The van der Waals surface area contributed by atoms with Crippen molar-refractivity contribution in [2.75, 3.05) is 6.61 Å². The van der Waals surface area contributed by atoms with Crippen LogP contribution < -0.4 is 5.73 Å². The number of rotatable bonds is 3. The second-order valence-electron chi connectivity index (χ2n) is 3.47. The Bertz CT molecular complexity index is 393. The lowest BCUT2D eigenvalue weighted by molar-refractivity contribution is -0.0303. The smallest absolute Gasteiger partial charge is 0.290 e. The van der Waals surface area contributed by atoms with Gasteiger partial charge in [0.1, 0.15) is 12.2 Å². The molecule has 0 spiro atoms. The highest BCUT2D eigenvalue weighted by atomic mass is 16.6. The molecular formula is C8H11N3O5. The van der Waals surface area contributed by atoms with Gasteiger partial charge in [-0.3, -0.25) is 4.79 Å². The summed E-state index contributed by atoms with van der Waals surface area (Å²) >= 11 is 0. The summed E-state index contributed by atoms with van der Waals surface area (Å²) in [5, 5.41) is 21.7. The topological polar surface area (TPSA) is 132 Å². The van der Waals surface area contributed by atoms with Gasteiger partial charge in [0.15, 0.2) is 0 Å². The number of carbonyl (C=O) groups excluding carboxylic acids is 1. The van der Waals surface area contributed by atoms with Gasteiger partial charge in [-0.2, -0.15) is 4.98 Å². The lowest BCUT2D eigenvalue weighted by atomic mass is 10.1. The zero-order valence-corrected chi connectivity index (χ0v) is 8.24. The first-order chi connectivity index (χ1) is 7.61. The van der Waals surface area contributed by atoms with Crippen LogP contribution >= 0.6 is 0 Å². The summed E-state index contributed by atoms with van der Waals surface area (Å²) < 4.78 is 10.0. The maximum atomic E-state index is 10.7.